The minimum Gasteiger partial charge on any atom is -0.393 e. The number of aliphatic hydroxyl groups is 1. The molecule has 1 saturated carbocycles. The standard InChI is InChI=1S/C13H17FO/c1-9-5-6-11(14)8-13(9)10-3-2-4-12(15)7-10/h5-6,8,10,12,15H,2-4,7H2,1H3. The summed E-state index contributed by atoms with van der Waals surface area (Å²) in [7, 11) is 0. The first-order chi connectivity index (χ1) is 7.16. The Balaban J connectivity index is 2.24. The van der Waals surface area contributed by atoms with Gasteiger partial charge in [0.2, 0.25) is 0 Å². The van der Waals surface area contributed by atoms with E-state index in [-0.39, 0.29) is 11.9 Å². The predicted molar refractivity (Wildman–Crippen MR) is 58.4 cm³/mol. The summed E-state index contributed by atoms with van der Waals surface area (Å²) in [5.74, 6) is 0.167. The highest BCUT2D eigenvalue weighted by atomic mass is 19.1. The molecule has 1 aliphatic carbocycles. The average molecular weight is 208 g/mol. The Kier molecular flexibility index (Phi) is 3.06. The van der Waals surface area contributed by atoms with E-state index >= 15 is 0 Å². The van der Waals surface area contributed by atoms with Gasteiger partial charge in [-0.3, -0.25) is 0 Å². The average Bonchev–Trinajstić information content (AvgIpc) is 2.22. The van der Waals surface area contributed by atoms with Crippen molar-refractivity contribution < 1.29 is 9.50 Å². The van der Waals surface area contributed by atoms with Crippen LogP contribution in [-0.4, -0.2) is 11.2 Å². The number of aliphatic hydroxyl groups excluding tert-OH is 1. The van der Waals surface area contributed by atoms with E-state index in [0.717, 1.165) is 36.8 Å². The summed E-state index contributed by atoms with van der Waals surface area (Å²) in [5.41, 5.74) is 2.21. The highest BCUT2D eigenvalue weighted by molar-refractivity contribution is 5.30. The summed E-state index contributed by atoms with van der Waals surface area (Å²) >= 11 is 0. The van der Waals surface area contributed by atoms with Crippen LogP contribution in [0, 0.1) is 12.7 Å². The van der Waals surface area contributed by atoms with Crippen LogP contribution >= 0.6 is 0 Å². The third kappa shape index (κ3) is 2.37. The van der Waals surface area contributed by atoms with E-state index in [4.69, 9.17) is 0 Å². The zero-order valence-corrected chi connectivity index (χ0v) is 9.04. The van der Waals surface area contributed by atoms with Crippen molar-refractivity contribution >= 4 is 0 Å². The largest absolute Gasteiger partial charge is 0.393 e. The lowest BCUT2D eigenvalue weighted by molar-refractivity contribution is 0.119. The van der Waals surface area contributed by atoms with E-state index in [1.54, 1.807) is 6.07 Å². The van der Waals surface area contributed by atoms with Gasteiger partial charge in [0.15, 0.2) is 0 Å². The lowest BCUT2D eigenvalue weighted by Gasteiger charge is -2.27. The molecule has 1 N–H and O–H groups in total. The number of rotatable bonds is 1. The normalized spacial score (nSPS) is 26.6. The van der Waals surface area contributed by atoms with Gasteiger partial charge < -0.3 is 5.11 Å². The summed E-state index contributed by atoms with van der Waals surface area (Å²) in [4.78, 5) is 0. The molecule has 0 bridgehead atoms. The van der Waals surface area contributed by atoms with Gasteiger partial charge in [0.1, 0.15) is 5.82 Å². The van der Waals surface area contributed by atoms with Crippen LogP contribution in [-0.2, 0) is 0 Å². The number of aryl methyl sites for hydroxylation is 1. The van der Waals surface area contributed by atoms with Crippen molar-refractivity contribution in [3.8, 4) is 0 Å². The van der Waals surface area contributed by atoms with Gasteiger partial charge in [0, 0.05) is 0 Å². The van der Waals surface area contributed by atoms with Gasteiger partial charge in [0.25, 0.3) is 0 Å². The Morgan fingerprint density at radius 3 is 2.87 bits per heavy atom. The Hall–Kier alpha value is -0.890. The molecule has 0 radical (unpaired) electrons. The molecule has 1 aromatic carbocycles. The highest BCUT2D eigenvalue weighted by Crippen LogP contribution is 2.34. The molecule has 0 heterocycles. The SMILES string of the molecule is Cc1ccc(F)cc1C1CCCC(O)C1. The molecule has 2 heteroatoms. The maximum atomic E-state index is 13.1. The van der Waals surface area contributed by atoms with Crippen LogP contribution in [0.2, 0.25) is 0 Å². The van der Waals surface area contributed by atoms with E-state index in [0.29, 0.717) is 5.92 Å². The van der Waals surface area contributed by atoms with Crippen LogP contribution in [0.1, 0.15) is 42.7 Å². The Morgan fingerprint density at radius 1 is 1.33 bits per heavy atom. The van der Waals surface area contributed by atoms with Crippen LogP contribution in [0.15, 0.2) is 18.2 Å². The first kappa shape index (κ1) is 10.6. The molecule has 0 spiro atoms. The van der Waals surface area contributed by atoms with Gasteiger partial charge in [-0.15, -0.1) is 0 Å². The number of hydrogen-bond acceptors (Lipinski definition) is 1. The Morgan fingerprint density at radius 2 is 2.13 bits per heavy atom. The van der Waals surface area contributed by atoms with Gasteiger partial charge in [0.05, 0.1) is 6.10 Å². The highest BCUT2D eigenvalue weighted by Gasteiger charge is 2.22. The predicted octanol–water partition coefficient (Wildman–Crippen LogP) is 3.15. The number of benzene rings is 1. The van der Waals surface area contributed by atoms with Crippen molar-refractivity contribution in [3.05, 3.63) is 35.1 Å². The summed E-state index contributed by atoms with van der Waals surface area (Å²) in [5, 5.41) is 9.61. The number of halogens is 1. The van der Waals surface area contributed by atoms with E-state index < -0.39 is 0 Å². The lowest BCUT2D eigenvalue weighted by Crippen LogP contribution is -2.18. The molecule has 1 aliphatic rings. The van der Waals surface area contributed by atoms with Crippen LogP contribution in [0.4, 0.5) is 4.39 Å². The van der Waals surface area contributed by atoms with Gasteiger partial charge >= 0.3 is 0 Å². The summed E-state index contributed by atoms with van der Waals surface area (Å²) < 4.78 is 13.1. The van der Waals surface area contributed by atoms with Crippen LogP contribution in [0.25, 0.3) is 0 Å². The smallest absolute Gasteiger partial charge is 0.123 e. The third-order valence-electron chi connectivity index (χ3n) is 3.33. The molecule has 0 amide bonds. The van der Waals surface area contributed by atoms with Gasteiger partial charge in [-0.2, -0.15) is 0 Å². The topological polar surface area (TPSA) is 20.2 Å². The van der Waals surface area contributed by atoms with Crippen molar-refractivity contribution in [2.45, 2.75) is 44.6 Å². The quantitative estimate of drug-likeness (QED) is 0.751. The van der Waals surface area contributed by atoms with Crippen molar-refractivity contribution in [2.24, 2.45) is 0 Å². The molecule has 1 aromatic rings. The Bertz CT molecular complexity index is 348. The van der Waals surface area contributed by atoms with E-state index in [1.807, 2.05) is 13.0 Å². The first-order valence-electron chi connectivity index (χ1n) is 5.61. The second kappa shape index (κ2) is 4.31. The molecule has 2 rings (SSSR count). The van der Waals surface area contributed by atoms with E-state index in [2.05, 4.69) is 0 Å². The van der Waals surface area contributed by atoms with Crippen molar-refractivity contribution in [1.29, 1.82) is 0 Å². The van der Waals surface area contributed by atoms with Crippen LogP contribution in [0.5, 0.6) is 0 Å². The minimum absolute atomic E-state index is 0.171. The molecule has 82 valence electrons. The lowest BCUT2D eigenvalue weighted by atomic mass is 9.81. The fourth-order valence-corrected chi connectivity index (χ4v) is 2.50. The van der Waals surface area contributed by atoms with Gasteiger partial charge in [-0.1, -0.05) is 12.5 Å². The monoisotopic (exact) mass is 208 g/mol. The number of hydrogen-bond donors (Lipinski definition) is 1. The first-order valence-corrected chi connectivity index (χ1v) is 5.61. The van der Waals surface area contributed by atoms with Gasteiger partial charge in [-0.25, -0.2) is 4.39 Å². The maximum absolute atomic E-state index is 13.1. The molecule has 1 nitrogen and oxygen atoms in total. The second-order valence-corrected chi connectivity index (χ2v) is 4.52. The van der Waals surface area contributed by atoms with Crippen molar-refractivity contribution in [3.63, 3.8) is 0 Å². The summed E-state index contributed by atoms with van der Waals surface area (Å²) in [6.45, 7) is 2.01. The molecular formula is C13H17FO. The van der Waals surface area contributed by atoms with Gasteiger partial charge in [-0.05, 0) is 55.4 Å². The minimum atomic E-state index is -0.202. The molecule has 0 aromatic heterocycles. The third-order valence-corrected chi connectivity index (χ3v) is 3.33. The zero-order valence-electron chi connectivity index (χ0n) is 9.04. The molecule has 1 fully saturated rings. The van der Waals surface area contributed by atoms with Crippen molar-refractivity contribution in [1.82, 2.24) is 0 Å². The van der Waals surface area contributed by atoms with E-state index in [1.165, 1.54) is 6.07 Å². The Labute approximate surface area is 89.9 Å². The maximum Gasteiger partial charge on any atom is 0.123 e. The fourth-order valence-electron chi connectivity index (χ4n) is 2.50. The molecule has 15 heavy (non-hydrogen) atoms. The molecule has 0 saturated heterocycles. The molecular weight excluding hydrogens is 191 g/mol. The molecule has 2 atom stereocenters. The summed E-state index contributed by atoms with van der Waals surface area (Å²) in [6, 6.07) is 4.95. The fraction of sp³-hybridized carbons (Fsp3) is 0.538. The second-order valence-electron chi connectivity index (χ2n) is 4.52. The zero-order chi connectivity index (χ0) is 10.8. The molecule has 0 aliphatic heterocycles. The van der Waals surface area contributed by atoms with Crippen LogP contribution < -0.4 is 0 Å². The van der Waals surface area contributed by atoms with Crippen molar-refractivity contribution in [2.75, 3.05) is 0 Å². The van der Waals surface area contributed by atoms with Crippen LogP contribution in [0.3, 0.4) is 0 Å². The van der Waals surface area contributed by atoms with E-state index in [9.17, 15) is 9.50 Å². The summed E-state index contributed by atoms with van der Waals surface area (Å²) in [6.07, 6.45) is 3.59. The molecule has 2 unspecified atom stereocenters.